The molecule has 0 saturated carbocycles. The molecule has 0 N–H and O–H groups in total. The SMILES string of the molecule is O=C1N=NC=C2C=CC=C(Cl)C12. The minimum Gasteiger partial charge on any atom is -0.270 e. The fraction of sp³-hybridized carbons (Fsp3) is 0.125. The molecule has 1 unspecified atom stereocenters. The van der Waals surface area contributed by atoms with Crippen LogP contribution in [-0.2, 0) is 4.79 Å². The number of hydrogen-bond acceptors (Lipinski definition) is 2. The summed E-state index contributed by atoms with van der Waals surface area (Å²) in [5.74, 6) is -0.702. The number of hydrogen-bond donors (Lipinski definition) is 0. The minimum absolute atomic E-state index is 0.293. The zero-order valence-corrected chi connectivity index (χ0v) is 6.82. The summed E-state index contributed by atoms with van der Waals surface area (Å²) in [6.07, 6.45) is 6.85. The number of azo groups is 1. The van der Waals surface area contributed by atoms with Crippen molar-refractivity contribution in [2.75, 3.05) is 0 Å². The highest BCUT2D eigenvalue weighted by atomic mass is 35.5. The van der Waals surface area contributed by atoms with Crippen LogP contribution in [0.1, 0.15) is 0 Å². The molecule has 1 amide bonds. The van der Waals surface area contributed by atoms with Crippen molar-refractivity contribution in [3.05, 3.63) is 35.0 Å². The quantitative estimate of drug-likeness (QED) is 0.563. The molecule has 0 spiro atoms. The van der Waals surface area contributed by atoms with Crippen LogP contribution in [0.2, 0.25) is 0 Å². The van der Waals surface area contributed by atoms with Crippen LogP contribution in [0.25, 0.3) is 0 Å². The van der Waals surface area contributed by atoms with Crippen molar-refractivity contribution in [1.29, 1.82) is 0 Å². The van der Waals surface area contributed by atoms with Gasteiger partial charge in [-0.15, -0.1) is 5.11 Å². The van der Waals surface area contributed by atoms with Crippen molar-refractivity contribution < 1.29 is 4.79 Å². The molecular formula is C8H5ClN2O. The molecule has 2 rings (SSSR count). The monoisotopic (exact) mass is 180 g/mol. The Morgan fingerprint density at radius 2 is 2.33 bits per heavy atom. The molecular weight excluding hydrogens is 176 g/mol. The van der Waals surface area contributed by atoms with Gasteiger partial charge in [-0.2, -0.15) is 5.11 Å². The molecule has 0 saturated heterocycles. The highest BCUT2D eigenvalue weighted by Crippen LogP contribution is 2.31. The van der Waals surface area contributed by atoms with Gasteiger partial charge in [-0.1, -0.05) is 23.8 Å². The second-order valence-electron chi connectivity index (χ2n) is 2.53. The van der Waals surface area contributed by atoms with Gasteiger partial charge < -0.3 is 0 Å². The van der Waals surface area contributed by atoms with Gasteiger partial charge in [-0.3, -0.25) is 4.79 Å². The summed E-state index contributed by atoms with van der Waals surface area (Å²) in [6, 6.07) is 0. The summed E-state index contributed by atoms with van der Waals surface area (Å²) >= 11 is 5.83. The van der Waals surface area contributed by atoms with Crippen molar-refractivity contribution in [3.63, 3.8) is 0 Å². The lowest BCUT2D eigenvalue weighted by molar-refractivity contribution is -0.120. The summed E-state index contributed by atoms with van der Waals surface area (Å²) in [7, 11) is 0. The number of carbonyl (C=O) groups is 1. The van der Waals surface area contributed by atoms with E-state index in [0.29, 0.717) is 5.03 Å². The number of halogens is 1. The summed E-state index contributed by atoms with van der Waals surface area (Å²) in [6.45, 7) is 0. The van der Waals surface area contributed by atoms with E-state index < -0.39 is 5.92 Å². The van der Waals surface area contributed by atoms with Gasteiger partial charge in [0, 0.05) is 5.03 Å². The largest absolute Gasteiger partial charge is 0.277 e. The molecule has 1 heterocycles. The molecule has 12 heavy (non-hydrogen) atoms. The predicted molar refractivity (Wildman–Crippen MR) is 44.5 cm³/mol. The lowest BCUT2D eigenvalue weighted by atomic mass is 9.94. The third-order valence-electron chi connectivity index (χ3n) is 1.76. The topological polar surface area (TPSA) is 41.8 Å². The fourth-order valence-corrected chi connectivity index (χ4v) is 1.48. The Kier molecular flexibility index (Phi) is 1.66. The Balaban J connectivity index is 2.47. The van der Waals surface area contributed by atoms with Crippen molar-refractivity contribution >= 4 is 17.5 Å². The van der Waals surface area contributed by atoms with E-state index in [1.165, 1.54) is 0 Å². The average molecular weight is 181 g/mol. The molecule has 0 aromatic rings. The zero-order chi connectivity index (χ0) is 8.55. The van der Waals surface area contributed by atoms with Crippen molar-refractivity contribution in [3.8, 4) is 0 Å². The van der Waals surface area contributed by atoms with Gasteiger partial charge in [0.1, 0.15) is 5.92 Å². The second kappa shape index (κ2) is 2.68. The third-order valence-corrected chi connectivity index (χ3v) is 2.11. The number of amides is 1. The van der Waals surface area contributed by atoms with E-state index in [4.69, 9.17) is 11.6 Å². The summed E-state index contributed by atoms with van der Waals surface area (Å²) < 4.78 is 0. The molecule has 1 aliphatic heterocycles. The minimum atomic E-state index is -0.408. The van der Waals surface area contributed by atoms with Gasteiger partial charge in [0.05, 0.1) is 6.20 Å². The Morgan fingerprint density at radius 3 is 3.08 bits per heavy atom. The number of nitrogens with zero attached hydrogens (tertiary/aromatic N) is 2. The normalized spacial score (nSPS) is 26.4. The van der Waals surface area contributed by atoms with Gasteiger partial charge in [0.25, 0.3) is 5.91 Å². The van der Waals surface area contributed by atoms with E-state index in [1.807, 2.05) is 6.08 Å². The van der Waals surface area contributed by atoms with E-state index in [2.05, 4.69) is 10.2 Å². The van der Waals surface area contributed by atoms with Crippen LogP contribution in [0.5, 0.6) is 0 Å². The standard InChI is InChI=1S/C8H5ClN2O/c9-6-3-1-2-5-4-10-11-8(12)7(5)6/h1-4,7H. The number of fused-ring (bicyclic) bond motifs is 1. The van der Waals surface area contributed by atoms with Gasteiger partial charge in [0.2, 0.25) is 0 Å². The van der Waals surface area contributed by atoms with Crippen molar-refractivity contribution in [2.45, 2.75) is 0 Å². The molecule has 2 aliphatic rings. The average Bonchev–Trinajstić information content (AvgIpc) is 2.04. The lowest BCUT2D eigenvalue weighted by Crippen LogP contribution is -2.17. The van der Waals surface area contributed by atoms with Gasteiger partial charge in [-0.25, -0.2) is 0 Å². The molecule has 0 bridgehead atoms. The van der Waals surface area contributed by atoms with Crippen molar-refractivity contribution in [2.24, 2.45) is 16.1 Å². The molecule has 0 aromatic carbocycles. The first kappa shape index (κ1) is 7.43. The van der Waals surface area contributed by atoms with Gasteiger partial charge >= 0.3 is 0 Å². The van der Waals surface area contributed by atoms with Gasteiger partial charge in [-0.05, 0) is 11.6 Å². The van der Waals surface area contributed by atoms with Crippen LogP contribution in [0, 0.1) is 5.92 Å². The van der Waals surface area contributed by atoms with Gasteiger partial charge in [0.15, 0.2) is 0 Å². The van der Waals surface area contributed by atoms with Crippen LogP contribution >= 0.6 is 11.6 Å². The molecule has 1 atom stereocenters. The Hall–Kier alpha value is -1.22. The highest BCUT2D eigenvalue weighted by Gasteiger charge is 2.28. The van der Waals surface area contributed by atoms with Crippen LogP contribution in [0.15, 0.2) is 45.3 Å². The number of carbonyl (C=O) groups excluding carboxylic acids is 1. The first-order chi connectivity index (χ1) is 5.79. The second-order valence-corrected chi connectivity index (χ2v) is 2.96. The fourth-order valence-electron chi connectivity index (χ4n) is 1.19. The molecule has 0 aromatic heterocycles. The predicted octanol–water partition coefficient (Wildman–Crippen LogP) is 2.17. The Labute approximate surface area is 74.1 Å². The van der Waals surface area contributed by atoms with E-state index in [-0.39, 0.29) is 5.91 Å². The maximum absolute atomic E-state index is 11.2. The van der Waals surface area contributed by atoms with Crippen LogP contribution < -0.4 is 0 Å². The summed E-state index contributed by atoms with van der Waals surface area (Å²) in [5, 5.41) is 7.48. The third kappa shape index (κ3) is 1.02. The van der Waals surface area contributed by atoms with E-state index in [1.54, 1.807) is 18.4 Å². The molecule has 3 nitrogen and oxygen atoms in total. The van der Waals surface area contributed by atoms with Crippen LogP contribution in [-0.4, -0.2) is 5.91 Å². The highest BCUT2D eigenvalue weighted by molar-refractivity contribution is 6.32. The Bertz CT molecular complexity index is 352. The summed E-state index contributed by atoms with van der Waals surface area (Å²) in [4.78, 5) is 11.2. The summed E-state index contributed by atoms with van der Waals surface area (Å²) in [5.41, 5.74) is 0.808. The van der Waals surface area contributed by atoms with E-state index >= 15 is 0 Å². The zero-order valence-electron chi connectivity index (χ0n) is 6.07. The van der Waals surface area contributed by atoms with Crippen LogP contribution in [0.3, 0.4) is 0 Å². The number of allylic oxidation sites excluding steroid dienone is 3. The maximum atomic E-state index is 11.2. The van der Waals surface area contributed by atoms with Crippen molar-refractivity contribution in [1.82, 2.24) is 0 Å². The molecule has 0 fully saturated rings. The molecule has 1 aliphatic carbocycles. The first-order valence-corrected chi connectivity index (χ1v) is 3.85. The lowest BCUT2D eigenvalue weighted by Gasteiger charge is -2.17. The Morgan fingerprint density at radius 1 is 1.50 bits per heavy atom. The maximum Gasteiger partial charge on any atom is 0.277 e. The smallest absolute Gasteiger partial charge is 0.270 e. The first-order valence-electron chi connectivity index (χ1n) is 3.47. The number of rotatable bonds is 0. The molecule has 4 heteroatoms. The van der Waals surface area contributed by atoms with E-state index in [0.717, 1.165) is 5.57 Å². The molecule has 0 radical (unpaired) electrons. The van der Waals surface area contributed by atoms with E-state index in [9.17, 15) is 4.79 Å². The van der Waals surface area contributed by atoms with Crippen LogP contribution in [0.4, 0.5) is 0 Å². The molecule has 60 valence electrons.